The molecule has 0 aromatic carbocycles. The Hall–Kier alpha value is -0.0400. The van der Waals surface area contributed by atoms with Gasteiger partial charge in [0.05, 0.1) is 0 Å². The lowest BCUT2D eigenvalue weighted by Gasteiger charge is -2.33. The fourth-order valence-corrected chi connectivity index (χ4v) is 3.60. The van der Waals surface area contributed by atoms with E-state index in [4.69, 9.17) is 5.73 Å². The first-order chi connectivity index (χ1) is 7.25. The van der Waals surface area contributed by atoms with Gasteiger partial charge >= 0.3 is 0 Å². The van der Waals surface area contributed by atoms with Crippen LogP contribution in [-0.4, -0.2) is 6.04 Å². The normalized spacial score (nSPS) is 38.4. The van der Waals surface area contributed by atoms with Crippen molar-refractivity contribution in [2.45, 2.75) is 70.8 Å². The van der Waals surface area contributed by atoms with Gasteiger partial charge in [0, 0.05) is 6.04 Å². The Morgan fingerprint density at radius 1 is 1.00 bits per heavy atom. The lowest BCUT2D eigenvalue weighted by molar-refractivity contribution is 0.207. The topological polar surface area (TPSA) is 26.0 Å². The molecule has 2 fully saturated rings. The molecule has 0 aliphatic heterocycles. The predicted octanol–water partition coefficient (Wildman–Crippen LogP) is 3.72. The Balaban J connectivity index is 1.72. The summed E-state index contributed by atoms with van der Waals surface area (Å²) in [6.45, 7) is 2.44. The first-order valence-corrected chi connectivity index (χ1v) is 7.01. The van der Waals surface area contributed by atoms with E-state index in [2.05, 4.69) is 6.92 Å². The highest BCUT2D eigenvalue weighted by atomic mass is 14.6. The van der Waals surface area contributed by atoms with E-state index < -0.39 is 0 Å². The summed E-state index contributed by atoms with van der Waals surface area (Å²) in [5, 5.41) is 0. The average molecular weight is 209 g/mol. The van der Waals surface area contributed by atoms with Gasteiger partial charge in [0.15, 0.2) is 0 Å². The van der Waals surface area contributed by atoms with E-state index in [0.29, 0.717) is 6.04 Å². The smallest absolute Gasteiger partial charge is 0.00416 e. The molecule has 88 valence electrons. The zero-order valence-corrected chi connectivity index (χ0v) is 10.3. The Morgan fingerprint density at radius 3 is 2.47 bits per heavy atom. The molecule has 3 atom stereocenters. The van der Waals surface area contributed by atoms with Crippen LogP contribution in [0.4, 0.5) is 0 Å². The summed E-state index contributed by atoms with van der Waals surface area (Å²) in [7, 11) is 0. The summed E-state index contributed by atoms with van der Waals surface area (Å²) in [5.74, 6) is 2.94. The highest BCUT2D eigenvalue weighted by Gasteiger charge is 2.26. The van der Waals surface area contributed by atoms with Gasteiger partial charge in [0.1, 0.15) is 0 Å². The van der Waals surface area contributed by atoms with E-state index in [1.165, 1.54) is 57.8 Å². The van der Waals surface area contributed by atoms with Crippen LogP contribution in [-0.2, 0) is 0 Å². The molecule has 1 heteroatoms. The first kappa shape index (κ1) is 11.4. The van der Waals surface area contributed by atoms with Crippen LogP contribution < -0.4 is 5.73 Å². The van der Waals surface area contributed by atoms with Crippen molar-refractivity contribution in [2.24, 2.45) is 23.5 Å². The van der Waals surface area contributed by atoms with E-state index in [-0.39, 0.29) is 0 Å². The highest BCUT2D eigenvalue weighted by molar-refractivity contribution is 4.81. The third-order valence-electron chi connectivity index (χ3n) is 4.82. The fourth-order valence-electron chi connectivity index (χ4n) is 3.60. The summed E-state index contributed by atoms with van der Waals surface area (Å²) in [5.41, 5.74) is 6.07. The molecule has 0 aromatic rings. The van der Waals surface area contributed by atoms with Crippen molar-refractivity contribution in [3.8, 4) is 0 Å². The Labute approximate surface area is 94.8 Å². The van der Waals surface area contributed by atoms with Crippen molar-refractivity contribution in [3.63, 3.8) is 0 Å². The molecule has 0 radical (unpaired) electrons. The molecule has 0 heterocycles. The van der Waals surface area contributed by atoms with Gasteiger partial charge in [0.25, 0.3) is 0 Å². The van der Waals surface area contributed by atoms with Crippen molar-refractivity contribution >= 4 is 0 Å². The first-order valence-electron chi connectivity index (χ1n) is 7.01. The van der Waals surface area contributed by atoms with E-state index in [9.17, 15) is 0 Å². The van der Waals surface area contributed by atoms with Gasteiger partial charge in [-0.2, -0.15) is 0 Å². The van der Waals surface area contributed by atoms with Gasteiger partial charge < -0.3 is 5.73 Å². The number of rotatable bonds is 3. The van der Waals surface area contributed by atoms with Gasteiger partial charge in [0.2, 0.25) is 0 Å². The number of nitrogens with two attached hydrogens (primary N) is 1. The molecule has 3 unspecified atom stereocenters. The maximum Gasteiger partial charge on any atom is 0.00416 e. The molecule has 2 N–H and O–H groups in total. The summed E-state index contributed by atoms with van der Waals surface area (Å²) >= 11 is 0. The molecule has 1 nitrogen and oxygen atoms in total. The molecule has 0 saturated heterocycles. The Morgan fingerprint density at radius 2 is 1.73 bits per heavy atom. The second-order valence-corrected chi connectivity index (χ2v) is 6.04. The van der Waals surface area contributed by atoms with Crippen LogP contribution in [0.1, 0.15) is 64.7 Å². The molecular weight excluding hydrogens is 182 g/mol. The zero-order valence-electron chi connectivity index (χ0n) is 10.3. The zero-order chi connectivity index (χ0) is 10.7. The van der Waals surface area contributed by atoms with Gasteiger partial charge in [-0.05, 0) is 43.4 Å². The van der Waals surface area contributed by atoms with E-state index in [1.807, 2.05) is 0 Å². The standard InChI is InChI=1S/C14H27N/c1-11-6-9-14(15)10-13(11)8-7-12-4-2-3-5-12/h11-14H,2-10,15H2,1H3. The maximum atomic E-state index is 6.07. The third-order valence-corrected chi connectivity index (χ3v) is 4.82. The van der Waals surface area contributed by atoms with Crippen molar-refractivity contribution in [1.29, 1.82) is 0 Å². The van der Waals surface area contributed by atoms with Crippen LogP contribution >= 0.6 is 0 Å². The Bertz CT molecular complexity index is 184. The monoisotopic (exact) mass is 209 g/mol. The maximum absolute atomic E-state index is 6.07. The number of hydrogen-bond donors (Lipinski definition) is 1. The minimum Gasteiger partial charge on any atom is -0.328 e. The minimum atomic E-state index is 0.509. The third kappa shape index (κ3) is 3.21. The highest BCUT2D eigenvalue weighted by Crippen LogP contribution is 2.36. The second kappa shape index (κ2) is 5.34. The predicted molar refractivity (Wildman–Crippen MR) is 65.7 cm³/mol. The summed E-state index contributed by atoms with van der Waals surface area (Å²) < 4.78 is 0. The Kier molecular flexibility index (Phi) is 4.07. The lowest BCUT2D eigenvalue weighted by atomic mass is 9.75. The van der Waals surface area contributed by atoms with Crippen molar-refractivity contribution in [3.05, 3.63) is 0 Å². The van der Waals surface area contributed by atoms with Crippen molar-refractivity contribution in [2.75, 3.05) is 0 Å². The van der Waals surface area contributed by atoms with Crippen LogP contribution in [0.15, 0.2) is 0 Å². The van der Waals surface area contributed by atoms with E-state index in [1.54, 1.807) is 0 Å². The fraction of sp³-hybridized carbons (Fsp3) is 1.00. The van der Waals surface area contributed by atoms with Gasteiger partial charge in [-0.3, -0.25) is 0 Å². The molecule has 0 aromatic heterocycles. The largest absolute Gasteiger partial charge is 0.328 e. The van der Waals surface area contributed by atoms with Crippen molar-refractivity contribution in [1.82, 2.24) is 0 Å². The minimum absolute atomic E-state index is 0.509. The summed E-state index contributed by atoms with van der Waals surface area (Å²) in [6.07, 6.45) is 12.9. The average Bonchev–Trinajstić information content (AvgIpc) is 2.72. The molecule has 15 heavy (non-hydrogen) atoms. The van der Waals surface area contributed by atoms with E-state index >= 15 is 0 Å². The van der Waals surface area contributed by atoms with Crippen LogP contribution in [0.3, 0.4) is 0 Å². The van der Waals surface area contributed by atoms with Gasteiger partial charge in [-0.15, -0.1) is 0 Å². The quantitative estimate of drug-likeness (QED) is 0.753. The molecule has 0 spiro atoms. The molecule has 0 amide bonds. The van der Waals surface area contributed by atoms with Crippen LogP contribution in [0, 0.1) is 17.8 Å². The number of hydrogen-bond acceptors (Lipinski definition) is 1. The van der Waals surface area contributed by atoms with Crippen molar-refractivity contribution < 1.29 is 0 Å². The molecule has 2 saturated carbocycles. The molecule has 2 aliphatic rings. The summed E-state index contributed by atoms with van der Waals surface area (Å²) in [6, 6.07) is 0.509. The second-order valence-electron chi connectivity index (χ2n) is 6.04. The van der Waals surface area contributed by atoms with Gasteiger partial charge in [-0.1, -0.05) is 39.0 Å². The lowest BCUT2D eigenvalue weighted by Crippen LogP contribution is -2.32. The molecular formula is C14H27N. The van der Waals surface area contributed by atoms with Crippen LogP contribution in [0.2, 0.25) is 0 Å². The SMILES string of the molecule is CC1CCC(N)CC1CCC1CCCC1. The van der Waals surface area contributed by atoms with Crippen LogP contribution in [0.5, 0.6) is 0 Å². The van der Waals surface area contributed by atoms with Gasteiger partial charge in [-0.25, -0.2) is 0 Å². The molecule has 2 rings (SSSR count). The van der Waals surface area contributed by atoms with Crippen LogP contribution in [0.25, 0.3) is 0 Å². The summed E-state index contributed by atoms with van der Waals surface area (Å²) in [4.78, 5) is 0. The molecule has 0 bridgehead atoms. The molecule has 2 aliphatic carbocycles. The van der Waals surface area contributed by atoms with E-state index in [0.717, 1.165) is 17.8 Å².